The van der Waals surface area contributed by atoms with Gasteiger partial charge < -0.3 is 9.84 Å². The second-order valence-corrected chi connectivity index (χ2v) is 8.04. The summed E-state index contributed by atoms with van der Waals surface area (Å²) < 4.78 is 5.44. The van der Waals surface area contributed by atoms with Gasteiger partial charge in [0.2, 0.25) is 0 Å². The molecule has 0 bridgehead atoms. The molecule has 3 aromatic carbocycles. The highest BCUT2D eigenvalue weighted by Gasteiger charge is 2.15. The van der Waals surface area contributed by atoms with Crippen molar-refractivity contribution in [3.63, 3.8) is 0 Å². The molecule has 0 radical (unpaired) electrons. The van der Waals surface area contributed by atoms with Crippen molar-refractivity contribution >= 4 is 23.8 Å². The van der Waals surface area contributed by atoms with E-state index in [2.05, 4.69) is 31.3 Å². The number of rotatable bonds is 6. The molecule has 0 aliphatic rings. The lowest BCUT2D eigenvalue weighted by atomic mass is 9.87. The average Bonchev–Trinajstić information content (AvgIpc) is 2.75. The largest absolute Gasteiger partial charge is 0.478 e. The Labute approximate surface area is 181 Å². The Morgan fingerprint density at radius 3 is 2.00 bits per heavy atom. The molecule has 6 nitrogen and oxygen atoms in total. The standard InChI is InChI=1S/C25H24N2O4/c1-25(2,3)20-10-6-19(7-11-20)24(30)31-22-14-4-17(5-15-22)16-26-27-21-12-8-18(9-13-21)23(28)29/h4-16,27H,1-3H3,(H,28,29)/b26-16+. The maximum Gasteiger partial charge on any atom is 0.343 e. The molecular formula is C25H24N2O4. The number of hydrazone groups is 1. The van der Waals surface area contributed by atoms with Gasteiger partial charge in [-0.3, -0.25) is 5.43 Å². The summed E-state index contributed by atoms with van der Waals surface area (Å²) in [4.78, 5) is 23.2. The highest BCUT2D eigenvalue weighted by molar-refractivity contribution is 5.91. The van der Waals surface area contributed by atoms with Crippen LogP contribution in [0.2, 0.25) is 0 Å². The van der Waals surface area contributed by atoms with Crippen LogP contribution in [0.25, 0.3) is 0 Å². The Bertz CT molecular complexity index is 1080. The quantitative estimate of drug-likeness (QED) is 0.245. The lowest BCUT2D eigenvalue weighted by Crippen LogP contribution is -2.12. The minimum absolute atomic E-state index is 0.0244. The molecule has 0 aliphatic carbocycles. The summed E-state index contributed by atoms with van der Waals surface area (Å²) in [5.74, 6) is -0.939. The molecule has 0 saturated heterocycles. The number of carbonyl (C=O) groups excluding carboxylic acids is 1. The number of hydrogen-bond donors (Lipinski definition) is 2. The van der Waals surface area contributed by atoms with Gasteiger partial charge in [0.1, 0.15) is 5.75 Å². The molecule has 31 heavy (non-hydrogen) atoms. The van der Waals surface area contributed by atoms with Crippen molar-refractivity contribution < 1.29 is 19.4 Å². The molecule has 2 N–H and O–H groups in total. The lowest BCUT2D eigenvalue weighted by Gasteiger charge is -2.18. The van der Waals surface area contributed by atoms with Crippen LogP contribution in [0.5, 0.6) is 5.75 Å². The zero-order valence-electron chi connectivity index (χ0n) is 17.6. The number of hydrogen-bond acceptors (Lipinski definition) is 5. The SMILES string of the molecule is CC(C)(C)c1ccc(C(=O)Oc2ccc(/C=N/Nc3ccc(C(=O)O)cc3)cc2)cc1. The van der Waals surface area contributed by atoms with E-state index >= 15 is 0 Å². The average molecular weight is 416 g/mol. The number of nitrogens with one attached hydrogen (secondary N) is 1. The van der Waals surface area contributed by atoms with Gasteiger partial charge in [0, 0.05) is 0 Å². The van der Waals surface area contributed by atoms with Crippen LogP contribution in [0.3, 0.4) is 0 Å². The molecule has 0 aliphatic heterocycles. The third-order valence-electron chi connectivity index (χ3n) is 4.62. The zero-order valence-corrected chi connectivity index (χ0v) is 17.6. The Hall–Kier alpha value is -3.93. The topological polar surface area (TPSA) is 88.0 Å². The van der Waals surface area contributed by atoms with Crippen molar-refractivity contribution in [1.29, 1.82) is 0 Å². The molecule has 0 heterocycles. The second-order valence-electron chi connectivity index (χ2n) is 8.04. The highest BCUT2D eigenvalue weighted by atomic mass is 16.5. The fourth-order valence-corrected chi connectivity index (χ4v) is 2.76. The van der Waals surface area contributed by atoms with Gasteiger partial charge in [-0.1, -0.05) is 32.9 Å². The van der Waals surface area contributed by atoms with Crippen LogP contribution >= 0.6 is 0 Å². The normalized spacial score (nSPS) is 11.3. The van der Waals surface area contributed by atoms with Gasteiger partial charge in [-0.05, 0) is 77.2 Å². The van der Waals surface area contributed by atoms with E-state index in [-0.39, 0.29) is 11.0 Å². The summed E-state index contributed by atoms with van der Waals surface area (Å²) in [6, 6.07) is 20.7. The van der Waals surface area contributed by atoms with Crippen LogP contribution in [-0.2, 0) is 5.41 Å². The molecule has 3 aromatic rings. The van der Waals surface area contributed by atoms with Gasteiger partial charge in [-0.2, -0.15) is 5.10 Å². The van der Waals surface area contributed by atoms with E-state index in [0.717, 1.165) is 11.1 Å². The predicted octanol–water partition coefficient (Wildman–Crippen LogP) is 5.35. The Kier molecular flexibility index (Phi) is 6.50. The number of ether oxygens (including phenoxy) is 1. The number of anilines is 1. The summed E-state index contributed by atoms with van der Waals surface area (Å²) in [5, 5.41) is 13.0. The van der Waals surface area contributed by atoms with Crippen molar-refractivity contribution in [1.82, 2.24) is 0 Å². The molecule has 0 aromatic heterocycles. The van der Waals surface area contributed by atoms with Gasteiger partial charge in [-0.25, -0.2) is 9.59 Å². The first kappa shape index (κ1) is 21.8. The number of benzene rings is 3. The van der Waals surface area contributed by atoms with E-state index in [9.17, 15) is 9.59 Å². The van der Waals surface area contributed by atoms with Crippen LogP contribution in [0.4, 0.5) is 5.69 Å². The fraction of sp³-hybridized carbons (Fsp3) is 0.160. The van der Waals surface area contributed by atoms with Crippen LogP contribution in [0.15, 0.2) is 77.9 Å². The van der Waals surface area contributed by atoms with E-state index in [1.807, 2.05) is 12.1 Å². The molecule has 6 heteroatoms. The molecule has 0 fully saturated rings. The van der Waals surface area contributed by atoms with Crippen molar-refractivity contribution in [3.8, 4) is 5.75 Å². The number of carboxylic acid groups (broad SMARTS) is 1. The summed E-state index contributed by atoms with van der Waals surface area (Å²) in [6.07, 6.45) is 1.61. The summed E-state index contributed by atoms with van der Waals surface area (Å²) in [6.45, 7) is 6.36. The zero-order chi connectivity index (χ0) is 22.4. The van der Waals surface area contributed by atoms with E-state index in [1.165, 1.54) is 12.1 Å². The molecule has 0 saturated carbocycles. The third kappa shape index (κ3) is 6.02. The van der Waals surface area contributed by atoms with Gasteiger partial charge in [-0.15, -0.1) is 0 Å². The molecular weight excluding hydrogens is 392 g/mol. The second kappa shape index (κ2) is 9.26. The Balaban J connectivity index is 1.56. The molecule has 0 atom stereocenters. The van der Waals surface area contributed by atoms with E-state index in [1.54, 1.807) is 54.7 Å². The van der Waals surface area contributed by atoms with Crippen molar-refractivity contribution in [2.45, 2.75) is 26.2 Å². The van der Waals surface area contributed by atoms with Crippen LogP contribution in [0, 0.1) is 0 Å². The van der Waals surface area contributed by atoms with Gasteiger partial charge in [0.05, 0.1) is 23.0 Å². The van der Waals surface area contributed by atoms with Gasteiger partial charge >= 0.3 is 11.9 Å². The summed E-state index contributed by atoms with van der Waals surface area (Å²) in [7, 11) is 0. The summed E-state index contributed by atoms with van der Waals surface area (Å²) >= 11 is 0. The van der Waals surface area contributed by atoms with Crippen LogP contribution in [0.1, 0.15) is 52.6 Å². The maximum atomic E-state index is 12.4. The monoisotopic (exact) mass is 416 g/mol. The molecule has 0 unspecified atom stereocenters. The number of carbonyl (C=O) groups is 2. The predicted molar refractivity (Wildman–Crippen MR) is 121 cm³/mol. The third-order valence-corrected chi connectivity index (χ3v) is 4.62. The van der Waals surface area contributed by atoms with E-state index < -0.39 is 11.9 Å². The van der Waals surface area contributed by atoms with E-state index in [0.29, 0.717) is 17.0 Å². The Morgan fingerprint density at radius 2 is 1.45 bits per heavy atom. The number of nitrogens with zero attached hydrogens (tertiary/aromatic N) is 1. The lowest BCUT2D eigenvalue weighted by molar-refractivity contribution is 0.0694. The first-order valence-electron chi connectivity index (χ1n) is 9.77. The molecule has 158 valence electrons. The van der Waals surface area contributed by atoms with Crippen LogP contribution < -0.4 is 10.2 Å². The van der Waals surface area contributed by atoms with Gasteiger partial charge in [0.15, 0.2) is 0 Å². The first-order chi connectivity index (χ1) is 14.7. The molecule has 0 amide bonds. The van der Waals surface area contributed by atoms with Crippen molar-refractivity contribution in [2.24, 2.45) is 5.10 Å². The first-order valence-corrected chi connectivity index (χ1v) is 9.77. The number of aromatic carboxylic acids is 1. The minimum atomic E-state index is -0.974. The highest BCUT2D eigenvalue weighted by Crippen LogP contribution is 2.22. The number of carboxylic acids is 1. The maximum absolute atomic E-state index is 12.4. The van der Waals surface area contributed by atoms with Gasteiger partial charge in [0.25, 0.3) is 0 Å². The number of esters is 1. The smallest absolute Gasteiger partial charge is 0.343 e. The fourth-order valence-electron chi connectivity index (χ4n) is 2.76. The summed E-state index contributed by atoms with van der Waals surface area (Å²) in [5.41, 5.74) is 6.20. The van der Waals surface area contributed by atoms with Crippen LogP contribution in [-0.4, -0.2) is 23.3 Å². The van der Waals surface area contributed by atoms with Crippen molar-refractivity contribution in [3.05, 3.63) is 95.1 Å². The molecule has 0 spiro atoms. The van der Waals surface area contributed by atoms with E-state index in [4.69, 9.17) is 9.84 Å². The van der Waals surface area contributed by atoms with Crippen molar-refractivity contribution in [2.75, 3.05) is 5.43 Å². The molecule has 3 rings (SSSR count). The minimum Gasteiger partial charge on any atom is -0.478 e. The Morgan fingerprint density at radius 1 is 0.871 bits per heavy atom.